The van der Waals surface area contributed by atoms with Crippen molar-refractivity contribution < 1.29 is 14.3 Å². The number of anilines is 1. The van der Waals surface area contributed by atoms with Gasteiger partial charge in [0.05, 0.1) is 12.0 Å². The summed E-state index contributed by atoms with van der Waals surface area (Å²) >= 11 is 0. The van der Waals surface area contributed by atoms with Gasteiger partial charge in [0.1, 0.15) is 0 Å². The summed E-state index contributed by atoms with van der Waals surface area (Å²) in [4.78, 5) is 25.5. The van der Waals surface area contributed by atoms with Crippen LogP contribution in [-0.2, 0) is 20.7 Å². The first-order valence-corrected chi connectivity index (χ1v) is 11.9. The minimum atomic E-state index is -0.472. The summed E-state index contributed by atoms with van der Waals surface area (Å²) in [5.41, 5.74) is 4.73. The molecule has 0 aromatic heterocycles. The van der Waals surface area contributed by atoms with E-state index in [4.69, 9.17) is 4.74 Å². The van der Waals surface area contributed by atoms with E-state index >= 15 is 0 Å². The van der Waals surface area contributed by atoms with Crippen LogP contribution in [-0.4, -0.2) is 18.5 Å². The molecule has 0 radical (unpaired) electrons. The van der Waals surface area contributed by atoms with E-state index < -0.39 is 5.41 Å². The fourth-order valence-electron chi connectivity index (χ4n) is 5.53. The summed E-state index contributed by atoms with van der Waals surface area (Å²) in [5.74, 6) is 0.0818. The summed E-state index contributed by atoms with van der Waals surface area (Å²) < 4.78 is 5.39. The topological polar surface area (TPSA) is 55.4 Å². The van der Waals surface area contributed by atoms with Gasteiger partial charge in [0.2, 0.25) is 5.91 Å². The number of amides is 1. The number of carbonyl (C=O) groups is 2. The molecule has 172 valence electrons. The Bertz CT molecular complexity index is 1150. The van der Waals surface area contributed by atoms with Crippen LogP contribution in [0.25, 0.3) is 0 Å². The van der Waals surface area contributed by atoms with Gasteiger partial charge in [-0.2, -0.15) is 0 Å². The Labute approximate surface area is 200 Å². The number of esters is 1. The van der Waals surface area contributed by atoms with Crippen molar-refractivity contribution in [1.82, 2.24) is 0 Å². The molecule has 0 spiro atoms. The molecule has 2 fully saturated rings. The van der Waals surface area contributed by atoms with E-state index in [9.17, 15) is 9.59 Å². The maximum Gasteiger partial charge on any atom is 0.313 e. The van der Waals surface area contributed by atoms with Gasteiger partial charge in [0.15, 0.2) is 0 Å². The number of ether oxygens (including phenoxy) is 1. The second-order valence-electron chi connectivity index (χ2n) is 9.58. The molecule has 34 heavy (non-hydrogen) atoms. The minimum Gasteiger partial charge on any atom is -0.465 e. The first kappa shape index (κ1) is 22.1. The summed E-state index contributed by atoms with van der Waals surface area (Å²) in [6.45, 7) is 4.61. The van der Waals surface area contributed by atoms with E-state index in [1.54, 1.807) is 0 Å². The molecule has 1 aliphatic carbocycles. The van der Waals surface area contributed by atoms with Crippen LogP contribution in [0, 0.1) is 11.3 Å². The van der Waals surface area contributed by atoms with E-state index in [2.05, 4.69) is 36.2 Å². The third-order valence-electron chi connectivity index (χ3n) is 7.25. The van der Waals surface area contributed by atoms with Gasteiger partial charge in [0, 0.05) is 23.9 Å². The molecule has 4 nitrogen and oxygen atoms in total. The van der Waals surface area contributed by atoms with Crippen LogP contribution in [0.1, 0.15) is 41.9 Å². The van der Waals surface area contributed by atoms with Crippen LogP contribution in [0.5, 0.6) is 0 Å². The van der Waals surface area contributed by atoms with Crippen molar-refractivity contribution in [2.45, 2.75) is 31.6 Å². The average Bonchev–Trinajstić information content (AvgIpc) is 3.33. The molecule has 0 bridgehead atoms. The second-order valence-corrected chi connectivity index (χ2v) is 9.58. The lowest BCUT2D eigenvalue weighted by molar-refractivity contribution is -0.146. The average molecular weight is 452 g/mol. The van der Waals surface area contributed by atoms with Crippen LogP contribution in [0.15, 0.2) is 97.1 Å². The number of hydrogen-bond acceptors (Lipinski definition) is 3. The Morgan fingerprint density at radius 2 is 1.59 bits per heavy atom. The van der Waals surface area contributed by atoms with Crippen molar-refractivity contribution >= 4 is 17.6 Å². The highest BCUT2D eigenvalue weighted by Crippen LogP contribution is 2.52. The molecule has 3 aromatic carbocycles. The van der Waals surface area contributed by atoms with Crippen molar-refractivity contribution in [3.63, 3.8) is 0 Å². The quantitative estimate of drug-likeness (QED) is 0.359. The summed E-state index contributed by atoms with van der Waals surface area (Å²) in [6, 6.07) is 28.1. The first-order valence-electron chi connectivity index (χ1n) is 11.9. The lowest BCUT2D eigenvalue weighted by Gasteiger charge is -2.24. The highest BCUT2D eigenvalue weighted by atomic mass is 16.5. The smallest absolute Gasteiger partial charge is 0.313 e. The molecular weight excluding hydrogens is 422 g/mol. The Kier molecular flexibility index (Phi) is 6.06. The van der Waals surface area contributed by atoms with Gasteiger partial charge < -0.3 is 10.1 Å². The Hall–Kier alpha value is -3.66. The number of benzene rings is 3. The Balaban J connectivity index is 1.27. The molecule has 2 aliphatic rings. The highest BCUT2D eigenvalue weighted by molar-refractivity contribution is 5.91. The maximum absolute atomic E-state index is 13.0. The van der Waals surface area contributed by atoms with Crippen LogP contribution in [0.4, 0.5) is 5.69 Å². The normalized spacial score (nSPS) is 21.4. The lowest BCUT2D eigenvalue weighted by Crippen LogP contribution is -2.31. The number of cyclic esters (lactones) is 1. The molecule has 1 saturated carbocycles. The van der Waals surface area contributed by atoms with Gasteiger partial charge in [-0.25, -0.2) is 0 Å². The number of fused-ring (bicyclic) bond motifs is 1. The van der Waals surface area contributed by atoms with Gasteiger partial charge in [-0.05, 0) is 48.1 Å². The van der Waals surface area contributed by atoms with Crippen LogP contribution < -0.4 is 5.32 Å². The van der Waals surface area contributed by atoms with E-state index in [1.165, 1.54) is 0 Å². The zero-order valence-corrected chi connectivity index (χ0v) is 19.2. The standard InChI is InChI=1S/C30H29NO3/c1-21-16-25-20-34-29(33)30(25,18-21)19-22-12-14-26(15-13-22)31-28(32)17-27(23-8-4-2-5-9-23)24-10-6-3-7-11-24/h2-15,25,27H,1,16-20H2,(H,31,32). The first-order chi connectivity index (χ1) is 16.5. The summed E-state index contributed by atoms with van der Waals surface area (Å²) in [7, 11) is 0. The highest BCUT2D eigenvalue weighted by Gasteiger charge is 2.55. The van der Waals surface area contributed by atoms with Gasteiger partial charge in [-0.15, -0.1) is 0 Å². The second kappa shape index (κ2) is 9.30. The molecule has 1 heterocycles. The molecule has 5 rings (SSSR count). The Morgan fingerprint density at radius 3 is 2.21 bits per heavy atom. The fraction of sp³-hybridized carbons (Fsp3) is 0.267. The third-order valence-corrected chi connectivity index (χ3v) is 7.25. The zero-order chi connectivity index (χ0) is 23.5. The van der Waals surface area contributed by atoms with E-state index in [1.807, 2.05) is 60.7 Å². The molecule has 1 aliphatic heterocycles. The maximum atomic E-state index is 13.0. The number of nitrogens with one attached hydrogen (secondary N) is 1. The summed E-state index contributed by atoms with van der Waals surface area (Å²) in [5, 5.41) is 3.05. The zero-order valence-electron chi connectivity index (χ0n) is 19.2. The molecule has 1 saturated heterocycles. The van der Waals surface area contributed by atoms with Gasteiger partial charge in [0.25, 0.3) is 0 Å². The molecule has 4 heteroatoms. The Morgan fingerprint density at radius 1 is 0.971 bits per heavy atom. The van der Waals surface area contributed by atoms with E-state index in [0.717, 1.165) is 34.4 Å². The predicted molar refractivity (Wildman–Crippen MR) is 133 cm³/mol. The van der Waals surface area contributed by atoms with Crippen molar-refractivity contribution in [2.75, 3.05) is 11.9 Å². The van der Waals surface area contributed by atoms with Crippen molar-refractivity contribution in [1.29, 1.82) is 0 Å². The molecule has 1 amide bonds. The predicted octanol–water partition coefficient (Wildman–Crippen LogP) is 5.90. The molecule has 2 unspecified atom stereocenters. The van der Waals surface area contributed by atoms with Gasteiger partial charge in [-0.3, -0.25) is 9.59 Å². The van der Waals surface area contributed by atoms with E-state index in [-0.39, 0.29) is 23.7 Å². The lowest BCUT2D eigenvalue weighted by atomic mass is 9.75. The largest absolute Gasteiger partial charge is 0.465 e. The molecule has 2 atom stereocenters. The van der Waals surface area contributed by atoms with E-state index in [0.29, 0.717) is 25.9 Å². The third kappa shape index (κ3) is 4.41. The molecule has 3 aromatic rings. The minimum absolute atomic E-state index is 0.0125. The van der Waals surface area contributed by atoms with Crippen LogP contribution in [0.2, 0.25) is 0 Å². The SMILES string of the molecule is C=C1CC2COC(=O)C2(Cc2ccc(NC(=O)CC(c3ccccc3)c3ccccc3)cc2)C1. The number of allylic oxidation sites excluding steroid dienone is 1. The van der Waals surface area contributed by atoms with Crippen molar-refractivity contribution in [3.05, 3.63) is 114 Å². The van der Waals surface area contributed by atoms with Crippen molar-refractivity contribution in [3.8, 4) is 0 Å². The van der Waals surface area contributed by atoms with Crippen LogP contribution in [0.3, 0.4) is 0 Å². The van der Waals surface area contributed by atoms with Crippen LogP contribution >= 0.6 is 0 Å². The monoisotopic (exact) mass is 451 g/mol. The fourth-order valence-corrected chi connectivity index (χ4v) is 5.53. The summed E-state index contributed by atoms with van der Waals surface area (Å²) in [6.07, 6.45) is 2.57. The van der Waals surface area contributed by atoms with Crippen molar-refractivity contribution in [2.24, 2.45) is 11.3 Å². The molecule has 1 N–H and O–H groups in total. The number of rotatable bonds is 7. The number of carbonyl (C=O) groups excluding carboxylic acids is 2. The molecular formula is C30H29NO3. The van der Waals surface area contributed by atoms with Gasteiger partial charge >= 0.3 is 5.97 Å². The number of hydrogen-bond donors (Lipinski definition) is 1. The van der Waals surface area contributed by atoms with Gasteiger partial charge in [-0.1, -0.05) is 84.9 Å².